The van der Waals surface area contributed by atoms with E-state index < -0.39 is 0 Å². The van der Waals surface area contributed by atoms with Gasteiger partial charge in [0.05, 0.1) is 0 Å². The number of hydrogen-bond donors (Lipinski definition) is 2. The Balaban J connectivity index is 0.000000980. The summed E-state index contributed by atoms with van der Waals surface area (Å²) in [5.41, 5.74) is 1.24. The quantitative estimate of drug-likeness (QED) is 0.809. The van der Waals surface area contributed by atoms with E-state index in [1.165, 1.54) is 18.4 Å². The first-order valence-corrected chi connectivity index (χ1v) is 4.80. The summed E-state index contributed by atoms with van der Waals surface area (Å²) in [5.74, 6) is 0.336. The third-order valence-corrected chi connectivity index (χ3v) is 2.46. The van der Waals surface area contributed by atoms with Gasteiger partial charge in [-0.05, 0) is 37.5 Å². The van der Waals surface area contributed by atoms with E-state index in [0.717, 1.165) is 6.04 Å². The molecular weight excluding hydrogens is 198 g/mol. The van der Waals surface area contributed by atoms with Gasteiger partial charge in [-0.3, -0.25) is 0 Å². The van der Waals surface area contributed by atoms with Gasteiger partial charge in [-0.1, -0.05) is 12.1 Å². The number of hydrogen-bond acceptors (Lipinski definition) is 2. The van der Waals surface area contributed by atoms with Gasteiger partial charge in [-0.25, -0.2) is 0 Å². The lowest BCUT2D eigenvalue weighted by molar-refractivity contribution is 0.474. The fraction of sp³-hybridized carbons (Fsp3) is 0.455. The summed E-state index contributed by atoms with van der Waals surface area (Å²) >= 11 is 0. The van der Waals surface area contributed by atoms with Crippen LogP contribution < -0.4 is 5.32 Å². The lowest BCUT2D eigenvalue weighted by Crippen LogP contribution is -2.20. The van der Waals surface area contributed by atoms with Crippen LogP contribution in [0.5, 0.6) is 5.75 Å². The van der Waals surface area contributed by atoms with E-state index in [4.69, 9.17) is 5.11 Å². The van der Waals surface area contributed by atoms with Gasteiger partial charge in [0.15, 0.2) is 0 Å². The van der Waals surface area contributed by atoms with Crippen molar-refractivity contribution in [2.24, 2.45) is 0 Å². The Morgan fingerprint density at radius 2 is 1.86 bits per heavy atom. The largest absolute Gasteiger partial charge is 0.508 e. The SMILES string of the molecule is CC(NC1CC1)c1ccc(O)cc1.Cl. The van der Waals surface area contributed by atoms with Crippen molar-refractivity contribution in [1.82, 2.24) is 5.32 Å². The number of benzene rings is 1. The van der Waals surface area contributed by atoms with E-state index >= 15 is 0 Å². The highest BCUT2D eigenvalue weighted by Crippen LogP contribution is 2.24. The predicted molar refractivity (Wildman–Crippen MR) is 59.9 cm³/mol. The summed E-state index contributed by atoms with van der Waals surface area (Å²) in [6, 6.07) is 8.53. The number of nitrogens with one attached hydrogen (secondary N) is 1. The highest BCUT2D eigenvalue weighted by Gasteiger charge is 2.22. The second-order valence-electron chi connectivity index (χ2n) is 3.75. The molecule has 0 bridgehead atoms. The molecule has 0 aromatic heterocycles. The Kier molecular flexibility index (Phi) is 3.78. The van der Waals surface area contributed by atoms with Crippen LogP contribution in [0.3, 0.4) is 0 Å². The maximum atomic E-state index is 9.11. The second-order valence-corrected chi connectivity index (χ2v) is 3.75. The van der Waals surface area contributed by atoms with Gasteiger partial charge in [-0.2, -0.15) is 0 Å². The molecule has 0 amide bonds. The fourth-order valence-electron chi connectivity index (χ4n) is 1.46. The van der Waals surface area contributed by atoms with Crippen LogP contribution in [0.25, 0.3) is 0 Å². The zero-order chi connectivity index (χ0) is 9.26. The van der Waals surface area contributed by atoms with Gasteiger partial charge in [0.2, 0.25) is 0 Å². The standard InChI is InChI=1S/C11H15NO.ClH/c1-8(12-10-4-5-10)9-2-6-11(13)7-3-9;/h2-3,6-8,10,12-13H,4-5H2,1H3;1H. The molecule has 0 heterocycles. The third kappa shape index (κ3) is 2.89. The average Bonchev–Trinajstić information content (AvgIpc) is 2.89. The van der Waals surface area contributed by atoms with E-state index in [1.54, 1.807) is 12.1 Å². The maximum Gasteiger partial charge on any atom is 0.115 e. The average molecular weight is 214 g/mol. The van der Waals surface area contributed by atoms with E-state index in [1.807, 2.05) is 12.1 Å². The molecule has 3 heteroatoms. The van der Waals surface area contributed by atoms with Gasteiger partial charge in [0.25, 0.3) is 0 Å². The van der Waals surface area contributed by atoms with Gasteiger partial charge < -0.3 is 10.4 Å². The molecule has 1 atom stereocenters. The Morgan fingerprint density at radius 3 is 2.36 bits per heavy atom. The highest BCUT2D eigenvalue weighted by atomic mass is 35.5. The summed E-state index contributed by atoms with van der Waals surface area (Å²) in [5, 5.41) is 12.6. The normalized spacial score (nSPS) is 17.2. The molecular formula is C11H16ClNO. The molecule has 0 radical (unpaired) electrons. The fourth-order valence-corrected chi connectivity index (χ4v) is 1.46. The van der Waals surface area contributed by atoms with Crippen LogP contribution in [0.2, 0.25) is 0 Å². The first kappa shape index (κ1) is 11.3. The van der Waals surface area contributed by atoms with Crippen molar-refractivity contribution >= 4 is 12.4 Å². The number of halogens is 1. The molecule has 1 aromatic rings. The summed E-state index contributed by atoms with van der Waals surface area (Å²) in [6.45, 7) is 2.16. The summed E-state index contributed by atoms with van der Waals surface area (Å²) < 4.78 is 0. The Hall–Kier alpha value is -0.730. The van der Waals surface area contributed by atoms with Crippen LogP contribution >= 0.6 is 12.4 Å². The molecule has 0 aliphatic heterocycles. The molecule has 1 aliphatic carbocycles. The Bertz CT molecular complexity index is 282. The number of phenols is 1. The maximum absolute atomic E-state index is 9.11. The number of rotatable bonds is 3. The van der Waals surface area contributed by atoms with E-state index in [-0.39, 0.29) is 12.4 Å². The minimum absolute atomic E-state index is 0. The molecule has 2 nitrogen and oxygen atoms in total. The van der Waals surface area contributed by atoms with E-state index in [2.05, 4.69) is 12.2 Å². The van der Waals surface area contributed by atoms with Gasteiger partial charge >= 0.3 is 0 Å². The van der Waals surface area contributed by atoms with Crippen LogP contribution in [-0.4, -0.2) is 11.1 Å². The lowest BCUT2D eigenvalue weighted by atomic mass is 10.1. The van der Waals surface area contributed by atoms with Crippen molar-refractivity contribution in [2.75, 3.05) is 0 Å². The number of aromatic hydroxyl groups is 1. The van der Waals surface area contributed by atoms with Crippen LogP contribution in [0.1, 0.15) is 31.4 Å². The van der Waals surface area contributed by atoms with Gasteiger partial charge in [0.1, 0.15) is 5.75 Å². The molecule has 2 rings (SSSR count). The van der Waals surface area contributed by atoms with E-state index in [0.29, 0.717) is 11.8 Å². The van der Waals surface area contributed by atoms with Crippen LogP contribution in [0.15, 0.2) is 24.3 Å². The van der Waals surface area contributed by atoms with Crippen molar-refractivity contribution in [3.8, 4) is 5.75 Å². The van der Waals surface area contributed by atoms with Crippen LogP contribution in [0.4, 0.5) is 0 Å². The Labute approximate surface area is 90.7 Å². The van der Waals surface area contributed by atoms with Crippen molar-refractivity contribution < 1.29 is 5.11 Å². The van der Waals surface area contributed by atoms with Gasteiger partial charge in [0, 0.05) is 12.1 Å². The monoisotopic (exact) mass is 213 g/mol. The smallest absolute Gasteiger partial charge is 0.115 e. The second kappa shape index (κ2) is 4.67. The zero-order valence-corrected chi connectivity index (χ0v) is 9.05. The molecule has 78 valence electrons. The molecule has 1 fully saturated rings. The summed E-state index contributed by atoms with van der Waals surface area (Å²) in [6.07, 6.45) is 2.62. The highest BCUT2D eigenvalue weighted by molar-refractivity contribution is 5.85. The van der Waals surface area contributed by atoms with Crippen LogP contribution in [0, 0.1) is 0 Å². The minimum atomic E-state index is 0. The first-order valence-electron chi connectivity index (χ1n) is 4.80. The molecule has 2 N–H and O–H groups in total. The molecule has 1 unspecified atom stereocenters. The number of phenolic OH excluding ortho intramolecular Hbond substituents is 1. The molecule has 1 saturated carbocycles. The van der Waals surface area contributed by atoms with Crippen LogP contribution in [-0.2, 0) is 0 Å². The molecule has 14 heavy (non-hydrogen) atoms. The lowest BCUT2D eigenvalue weighted by Gasteiger charge is -2.13. The molecule has 1 aromatic carbocycles. The van der Waals surface area contributed by atoms with Crippen molar-refractivity contribution in [3.63, 3.8) is 0 Å². The molecule has 1 aliphatic rings. The minimum Gasteiger partial charge on any atom is -0.508 e. The summed E-state index contributed by atoms with van der Waals surface area (Å²) in [7, 11) is 0. The zero-order valence-electron chi connectivity index (χ0n) is 8.23. The van der Waals surface area contributed by atoms with Crippen molar-refractivity contribution in [3.05, 3.63) is 29.8 Å². The predicted octanol–water partition coefficient (Wildman–Crippen LogP) is 2.63. The van der Waals surface area contributed by atoms with Crippen molar-refractivity contribution in [1.29, 1.82) is 0 Å². The summed E-state index contributed by atoms with van der Waals surface area (Å²) in [4.78, 5) is 0. The Morgan fingerprint density at radius 1 is 1.29 bits per heavy atom. The van der Waals surface area contributed by atoms with Crippen molar-refractivity contribution in [2.45, 2.75) is 31.8 Å². The topological polar surface area (TPSA) is 32.3 Å². The van der Waals surface area contributed by atoms with Gasteiger partial charge in [-0.15, -0.1) is 12.4 Å². The van der Waals surface area contributed by atoms with E-state index in [9.17, 15) is 0 Å². The first-order chi connectivity index (χ1) is 6.25. The molecule has 0 spiro atoms. The third-order valence-electron chi connectivity index (χ3n) is 2.46. The molecule has 0 saturated heterocycles.